The topological polar surface area (TPSA) is 52.6 Å². The molecule has 4 heteroatoms. The lowest BCUT2D eigenvalue weighted by Gasteiger charge is -2.13. The van der Waals surface area contributed by atoms with Crippen LogP contribution in [-0.4, -0.2) is 24.5 Å². The maximum absolute atomic E-state index is 11.5. The molecule has 0 radical (unpaired) electrons. The van der Waals surface area contributed by atoms with Gasteiger partial charge in [0.05, 0.1) is 0 Å². The highest BCUT2D eigenvalue weighted by Gasteiger charge is 2.26. The minimum absolute atomic E-state index is 0.0285. The Bertz CT molecular complexity index is 651. The Hall–Kier alpha value is -2.36. The van der Waals surface area contributed by atoms with Crippen molar-refractivity contribution in [2.45, 2.75) is 33.3 Å². The number of hydrogen-bond acceptors (Lipinski definition) is 4. The van der Waals surface area contributed by atoms with E-state index in [0.717, 1.165) is 16.9 Å². The molecule has 0 unspecified atom stereocenters. The largest absolute Gasteiger partial charge is 0.485 e. The third kappa shape index (κ3) is 3.85. The molecule has 0 spiro atoms. The predicted molar refractivity (Wildman–Crippen MR) is 84.1 cm³/mol. The molecule has 4 nitrogen and oxygen atoms in total. The van der Waals surface area contributed by atoms with Crippen LogP contribution in [0, 0.1) is 0 Å². The van der Waals surface area contributed by atoms with Gasteiger partial charge in [-0.2, -0.15) is 0 Å². The van der Waals surface area contributed by atoms with E-state index in [0.29, 0.717) is 17.6 Å². The summed E-state index contributed by atoms with van der Waals surface area (Å²) in [7, 11) is 0. The van der Waals surface area contributed by atoms with Gasteiger partial charge in [0, 0.05) is 23.6 Å². The van der Waals surface area contributed by atoms with Gasteiger partial charge in [0.1, 0.15) is 18.5 Å². The molecule has 2 rings (SSSR count). The first-order valence-corrected chi connectivity index (χ1v) is 7.16. The monoisotopic (exact) mass is 300 g/mol. The van der Waals surface area contributed by atoms with Gasteiger partial charge in [0.15, 0.2) is 5.78 Å². The zero-order valence-electron chi connectivity index (χ0n) is 13.1. The van der Waals surface area contributed by atoms with Gasteiger partial charge in [-0.25, -0.2) is 4.79 Å². The molecule has 0 amide bonds. The first kappa shape index (κ1) is 16.0. The van der Waals surface area contributed by atoms with E-state index < -0.39 is 0 Å². The van der Waals surface area contributed by atoms with E-state index in [1.165, 1.54) is 13.0 Å². The molecule has 0 aromatic heterocycles. The zero-order chi connectivity index (χ0) is 16.3. The Morgan fingerprint density at radius 1 is 1.36 bits per heavy atom. The lowest BCUT2D eigenvalue weighted by atomic mass is 10.0. The number of carbonyl (C=O) groups excluding carboxylic acids is 2. The van der Waals surface area contributed by atoms with Crippen LogP contribution in [0.4, 0.5) is 0 Å². The standard InChI is InChI=1S/C18H20O4/c1-11(2)7-18(20)21-10-12(3)17-9-15-8-14(13(4)19)5-6-16(15)22-17/h5-8,17H,3,9-10H2,1-2,4H3/t17-/m1/s1. The summed E-state index contributed by atoms with van der Waals surface area (Å²) in [5, 5.41) is 0. The summed E-state index contributed by atoms with van der Waals surface area (Å²) in [6, 6.07) is 5.40. The average molecular weight is 300 g/mol. The van der Waals surface area contributed by atoms with Gasteiger partial charge < -0.3 is 9.47 Å². The molecule has 116 valence electrons. The normalized spacial score (nSPS) is 15.5. The highest BCUT2D eigenvalue weighted by atomic mass is 16.5. The second-order valence-corrected chi connectivity index (χ2v) is 5.68. The summed E-state index contributed by atoms with van der Waals surface area (Å²) in [6.07, 6.45) is 1.85. The molecule has 1 heterocycles. The van der Waals surface area contributed by atoms with Crippen molar-refractivity contribution in [3.8, 4) is 5.75 Å². The maximum atomic E-state index is 11.5. The molecule has 1 aliphatic rings. The number of esters is 1. The number of ketones is 1. The highest BCUT2D eigenvalue weighted by molar-refractivity contribution is 5.94. The number of fused-ring (bicyclic) bond motifs is 1. The minimum Gasteiger partial charge on any atom is -0.485 e. The van der Waals surface area contributed by atoms with Gasteiger partial charge in [-0.1, -0.05) is 12.2 Å². The Morgan fingerprint density at radius 2 is 2.09 bits per heavy atom. The first-order chi connectivity index (χ1) is 10.4. The van der Waals surface area contributed by atoms with Crippen LogP contribution in [0.1, 0.15) is 36.7 Å². The molecule has 0 fully saturated rings. The molecular weight excluding hydrogens is 280 g/mol. The molecule has 1 aliphatic heterocycles. The van der Waals surface area contributed by atoms with Gasteiger partial charge >= 0.3 is 5.97 Å². The minimum atomic E-state index is -0.379. The lowest BCUT2D eigenvalue weighted by molar-refractivity contribution is -0.137. The summed E-state index contributed by atoms with van der Waals surface area (Å²) < 4.78 is 10.9. The SMILES string of the molecule is C=C(COC(=O)C=C(C)C)[C@H]1Cc2cc(C(C)=O)ccc2O1. The molecular formula is C18H20O4. The fourth-order valence-corrected chi connectivity index (χ4v) is 2.23. The number of carbonyl (C=O) groups is 2. The van der Waals surface area contributed by atoms with Gasteiger partial charge in [0.25, 0.3) is 0 Å². The summed E-state index contributed by atoms with van der Waals surface area (Å²) in [6.45, 7) is 9.27. The quantitative estimate of drug-likeness (QED) is 0.362. The summed E-state index contributed by atoms with van der Waals surface area (Å²) in [4.78, 5) is 22.9. The summed E-state index contributed by atoms with van der Waals surface area (Å²) in [5.41, 5.74) is 3.24. The van der Waals surface area contributed by atoms with E-state index >= 15 is 0 Å². The zero-order valence-corrected chi connectivity index (χ0v) is 13.1. The Labute approximate surface area is 130 Å². The molecule has 0 saturated carbocycles. The maximum Gasteiger partial charge on any atom is 0.331 e. The second kappa shape index (κ2) is 6.60. The number of allylic oxidation sites excluding steroid dienone is 1. The van der Waals surface area contributed by atoms with E-state index in [1.807, 2.05) is 19.9 Å². The van der Waals surface area contributed by atoms with Crippen molar-refractivity contribution in [1.82, 2.24) is 0 Å². The fraction of sp³-hybridized carbons (Fsp3) is 0.333. The average Bonchev–Trinajstić information content (AvgIpc) is 2.86. The van der Waals surface area contributed by atoms with E-state index in [-0.39, 0.29) is 24.5 Å². The number of Topliss-reactive ketones (excluding diaryl/α,β-unsaturated/α-hetero) is 1. The molecule has 22 heavy (non-hydrogen) atoms. The number of benzene rings is 1. The van der Waals surface area contributed by atoms with Crippen molar-refractivity contribution in [1.29, 1.82) is 0 Å². The predicted octanol–water partition coefficient (Wildman–Crippen LogP) is 3.26. The summed E-state index contributed by atoms with van der Waals surface area (Å²) in [5.74, 6) is 0.406. The Kier molecular flexibility index (Phi) is 4.81. The van der Waals surface area contributed by atoms with Gasteiger partial charge in [-0.15, -0.1) is 0 Å². The number of ether oxygens (including phenoxy) is 2. The second-order valence-electron chi connectivity index (χ2n) is 5.68. The molecule has 1 aromatic carbocycles. The highest BCUT2D eigenvalue weighted by Crippen LogP contribution is 2.32. The smallest absolute Gasteiger partial charge is 0.331 e. The van der Waals surface area contributed by atoms with Gasteiger partial charge in [-0.3, -0.25) is 4.79 Å². The van der Waals surface area contributed by atoms with Crippen molar-refractivity contribution in [3.05, 3.63) is 53.1 Å². The number of hydrogen-bond donors (Lipinski definition) is 0. The molecule has 1 atom stereocenters. The van der Waals surface area contributed by atoms with E-state index in [2.05, 4.69) is 6.58 Å². The van der Waals surface area contributed by atoms with Crippen molar-refractivity contribution in [2.24, 2.45) is 0 Å². The Balaban J connectivity index is 1.95. The van der Waals surface area contributed by atoms with Crippen LogP contribution < -0.4 is 4.74 Å². The van der Waals surface area contributed by atoms with Crippen molar-refractivity contribution >= 4 is 11.8 Å². The van der Waals surface area contributed by atoms with Crippen LogP contribution in [0.5, 0.6) is 5.75 Å². The third-order valence-electron chi connectivity index (χ3n) is 3.40. The van der Waals surface area contributed by atoms with Gasteiger partial charge in [0.2, 0.25) is 0 Å². The molecule has 0 N–H and O–H groups in total. The molecule has 0 bridgehead atoms. The number of rotatable bonds is 5. The van der Waals surface area contributed by atoms with Crippen molar-refractivity contribution < 1.29 is 19.1 Å². The van der Waals surface area contributed by atoms with Crippen molar-refractivity contribution in [3.63, 3.8) is 0 Å². The van der Waals surface area contributed by atoms with Crippen molar-refractivity contribution in [2.75, 3.05) is 6.61 Å². The van der Waals surface area contributed by atoms with Gasteiger partial charge in [-0.05, 0) is 44.5 Å². The summed E-state index contributed by atoms with van der Waals surface area (Å²) >= 11 is 0. The van der Waals surface area contributed by atoms with Crippen LogP contribution in [-0.2, 0) is 16.0 Å². The van der Waals surface area contributed by atoms with E-state index in [4.69, 9.17) is 9.47 Å². The Morgan fingerprint density at radius 3 is 2.73 bits per heavy atom. The molecule has 0 aliphatic carbocycles. The van der Waals surface area contributed by atoms with E-state index in [9.17, 15) is 9.59 Å². The lowest BCUT2D eigenvalue weighted by Crippen LogP contribution is -2.20. The first-order valence-electron chi connectivity index (χ1n) is 7.16. The molecule has 1 aromatic rings. The third-order valence-corrected chi connectivity index (χ3v) is 3.40. The van der Waals surface area contributed by atoms with Crippen LogP contribution in [0.2, 0.25) is 0 Å². The van der Waals surface area contributed by atoms with Crippen LogP contribution in [0.3, 0.4) is 0 Å². The molecule has 0 saturated heterocycles. The fourth-order valence-electron chi connectivity index (χ4n) is 2.23. The van der Waals surface area contributed by atoms with Crippen LogP contribution in [0.25, 0.3) is 0 Å². The van der Waals surface area contributed by atoms with Crippen LogP contribution in [0.15, 0.2) is 42.0 Å². The van der Waals surface area contributed by atoms with Crippen LogP contribution >= 0.6 is 0 Å². The van der Waals surface area contributed by atoms with E-state index in [1.54, 1.807) is 12.1 Å².